The molecule has 158 valence electrons. The lowest BCUT2D eigenvalue weighted by Gasteiger charge is -2.51. The minimum atomic E-state index is -0.267. The molecule has 0 radical (unpaired) electrons. The zero-order valence-electron chi connectivity index (χ0n) is 17.7. The van der Waals surface area contributed by atoms with E-state index >= 15 is 0 Å². The molecule has 7 rings (SSSR count). The maximum Gasteiger partial charge on any atom is 0.269 e. The van der Waals surface area contributed by atoms with E-state index in [1.807, 2.05) is 12.1 Å². The Morgan fingerprint density at radius 1 is 0.938 bits per heavy atom. The third-order valence-corrected chi connectivity index (χ3v) is 8.17. The fourth-order valence-corrected chi connectivity index (χ4v) is 6.93. The van der Waals surface area contributed by atoms with Gasteiger partial charge in [-0.05, 0) is 58.2 Å². The van der Waals surface area contributed by atoms with Crippen LogP contribution in [0.3, 0.4) is 0 Å². The number of non-ortho nitro benzene ring substituents is 1. The summed E-state index contributed by atoms with van der Waals surface area (Å²) in [7, 11) is 0. The first-order valence-corrected chi connectivity index (χ1v) is 11.6. The number of hydrogen-bond acceptors (Lipinski definition) is 3. The molecule has 0 unspecified atom stereocenters. The van der Waals surface area contributed by atoms with Crippen LogP contribution in [0, 0.1) is 22.0 Å². The van der Waals surface area contributed by atoms with Crippen molar-refractivity contribution in [1.29, 1.82) is 0 Å². The van der Waals surface area contributed by atoms with E-state index in [1.165, 1.54) is 27.6 Å². The summed E-state index contributed by atoms with van der Waals surface area (Å²) >= 11 is 0. The normalized spacial score (nSPS) is 29.1. The number of allylic oxidation sites excluding steroid dienone is 4. The molecular weight excluding hydrogens is 396 g/mol. The van der Waals surface area contributed by atoms with Gasteiger partial charge in [-0.15, -0.1) is 0 Å². The summed E-state index contributed by atoms with van der Waals surface area (Å²) < 4.78 is 0. The SMILES string of the molecule is O=[N+]([O-])c1cccc([C@H]2[C@@H]3CC=C[C@H]3c3c4c(cc5ccccc35)[C@H]3C=CC[C@@H]3CN42)c1. The van der Waals surface area contributed by atoms with Crippen molar-refractivity contribution in [3.63, 3.8) is 0 Å². The van der Waals surface area contributed by atoms with Crippen molar-refractivity contribution >= 4 is 22.1 Å². The molecule has 0 amide bonds. The maximum absolute atomic E-state index is 11.5. The summed E-state index contributed by atoms with van der Waals surface area (Å²) in [6.07, 6.45) is 11.6. The standard InChI is InChI=1S/C28H24N2O2/c31-30(32)20-9-3-7-18(14-20)27-24-13-5-12-23(24)26-22-10-2-1-6-17(22)15-25-21-11-4-8-19(21)16-29(27)28(25)26/h1-7,9-12,14-15,19,21,23-24,27H,8,13,16H2/t19-,21+,23-,24-,27+/m1/s1. The number of fused-ring (bicyclic) bond motifs is 6. The molecule has 32 heavy (non-hydrogen) atoms. The quantitative estimate of drug-likeness (QED) is 0.265. The number of nitro benzene ring substituents is 1. The van der Waals surface area contributed by atoms with Crippen molar-refractivity contribution in [2.75, 3.05) is 11.4 Å². The highest BCUT2D eigenvalue weighted by molar-refractivity contribution is 5.94. The van der Waals surface area contributed by atoms with Crippen LogP contribution in [0.4, 0.5) is 11.4 Å². The molecule has 4 nitrogen and oxygen atoms in total. The molecule has 0 N–H and O–H groups in total. The van der Waals surface area contributed by atoms with E-state index in [0.29, 0.717) is 23.7 Å². The molecule has 0 saturated carbocycles. The second-order valence-electron chi connectivity index (χ2n) is 9.70. The molecule has 0 aromatic heterocycles. The van der Waals surface area contributed by atoms with Crippen molar-refractivity contribution in [2.45, 2.75) is 30.7 Å². The predicted octanol–water partition coefficient (Wildman–Crippen LogP) is 6.64. The average molecular weight is 421 g/mol. The van der Waals surface area contributed by atoms with Crippen LogP contribution in [0.15, 0.2) is 78.9 Å². The van der Waals surface area contributed by atoms with Crippen molar-refractivity contribution in [3.8, 4) is 0 Å². The summed E-state index contributed by atoms with van der Waals surface area (Å²) in [4.78, 5) is 13.9. The summed E-state index contributed by atoms with van der Waals surface area (Å²) in [5.41, 5.74) is 5.56. The summed E-state index contributed by atoms with van der Waals surface area (Å²) in [6, 6.07) is 18.7. The Balaban J connectivity index is 1.52. The number of anilines is 1. The second kappa shape index (κ2) is 6.55. The molecule has 4 aliphatic rings. The van der Waals surface area contributed by atoms with Gasteiger partial charge in [0.05, 0.1) is 11.0 Å². The second-order valence-corrected chi connectivity index (χ2v) is 9.70. The van der Waals surface area contributed by atoms with E-state index in [-0.39, 0.29) is 16.7 Å². The summed E-state index contributed by atoms with van der Waals surface area (Å²) in [5, 5.41) is 14.2. The summed E-state index contributed by atoms with van der Waals surface area (Å²) in [6.45, 7) is 1.01. The van der Waals surface area contributed by atoms with E-state index in [0.717, 1.165) is 24.9 Å². The van der Waals surface area contributed by atoms with Crippen LogP contribution in [0.1, 0.15) is 47.4 Å². The minimum absolute atomic E-state index is 0.156. The van der Waals surface area contributed by atoms with E-state index in [4.69, 9.17) is 0 Å². The molecular formula is C28H24N2O2. The van der Waals surface area contributed by atoms with Gasteiger partial charge in [-0.2, -0.15) is 0 Å². The molecule has 2 heterocycles. The van der Waals surface area contributed by atoms with Crippen LogP contribution in [0.5, 0.6) is 0 Å². The van der Waals surface area contributed by atoms with Gasteiger partial charge in [-0.25, -0.2) is 0 Å². The van der Waals surface area contributed by atoms with Crippen LogP contribution in [-0.4, -0.2) is 11.5 Å². The number of hydrogen-bond donors (Lipinski definition) is 0. The van der Waals surface area contributed by atoms with Gasteiger partial charge in [-0.3, -0.25) is 10.1 Å². The highest BCUT2D eigenvalue weighted by atomic mass is 16.6. The first kappa shape index (κ1) is 18.2. The van der Waals surface area contributed by atoms with Gasteiger partial charge < -0.3 is 4.90 Å². The van der Waals surface area contributed by atoms with Crippen LogP contribution in [-0.2, 0) is 0 Å². The Labute approximate surface area is 187 Å². The van der Waals surface area contributed by atoms with Gasteiger partial charge >= 0.3 is 0 Å². The highest BCUT2D eigenvalue weighted by Gasteiger charge is 2.48. The maximum atomic E-state index is 11.5. The average Bonchev–Trinajstić information content (AvgIpc) is 3.48. The van der Waals surface area contributed by atoms with Crippen molar-refractivity contribution < 1.29 is 4.92 Å². The van der Waals surface area contributed by atoms with Crippen molar-refractivity contribution in [1.82, 2.24) is 0 Å². The number of nitro groups is 1. The Hall–Kier alpha value is -3.40. The Bertz CT molecular complexity index is 1340. The molecule has 0 fully saturated rings. The van der Waals surface area contributed by atoms with Crippen molar-refractivity contribution in [3.05, 3.63) is 106 Å². The van der Waals surface area contributed by atoms with E-state index in [2.05, 4.69) is 65.6 Å². The largest absolute Gasteiger partial charge is 0.363 e. The van der Waals surface area contributed by atoms with Gasteiger partial charge in [0.2, 0.25) is 0 Å². The summed E-state index contributed by atoms with van der Waals surface area (Å²) in [5.74, 6) is 1.78. The van der Waals surface area contributed by atoms with E-state index in [1.54, 1.807) is 6.07 Å². The molecule has 0 bridgehead atoms. The zero-order valence-corrected chi connectivity index (χ0v) is 17.7. The highest BCUT2D eigenvalue weighted by Crippen LogP contribution is 2.60. The molecule has 3 aromatic carbocycles. The Kier molecular flexibility index (Phi) is 3.73. The molecule has 5 atom stereocenters. The molecule has 2 aliphatic carbocycles. The number of benzene rings is 3. The number of nitrogens with zero attached hydrogens (tertiary/aromatic N) is 2. The van der Waals surface area contributed by atoms with Gasteiger partial charge in [0.15, 0.2) is 0 Å². The molecule has 2 aliphatic heterocycles. The van der Waals surface area contributed by atoms with Crippen LogP contribution < -0.4 is 4.90 Å². The van der Waals surface area contributed by atoms with Gasteiger partial charge in [0, 0.05) is 36.2 Å². The molecule has 3 aromatic rings. The molecule has 4 heteroatoms. The molecule has 0 saturated heterocycles. The van der Waals surface area contributed by atoms with Gasteiger partial charge in [0.25, 0.3) is 5.69 Å². The lowest BCUT2D eigenvalue weighted by atomic mass is 9.69. The van der Waals surface area contributed by atoms with Gasteiger partial charge in [0.1, 0.15) is 0 Å². The Morgan fingerprint density at radius 3 is 2.69 bits per heavy atom. The lowest BCUT2D eigenvalue weighted by Crippen LogP contribution is -2.46. The van der Waals surface area contributed by atoms with Crippen LogP contribution >= 0.6 is 0 Å². The van der Waals surface area contributed by atoms with Gasteiger partial charge in [-0.1, -0.05) is 60.7 Å². The third-order valence-electron chi connectivity index (χ3n) is 8.17. The van der Waals surface area contributed by atoms with Crippen LogP contribution in [0.25, 0.3) is 10.8 Å². The minimum Gasteiger partial charge on any atom is -0.363 e. The fraction of sp³-hybridized carbons (Fsp3) is 0.286. The fourth-order valence-electron chi connectivity index (χ4n) is 6.93. The van der Waals surface area contributed by atoms with Crippen molar-refractivity contribution in [2.24, 2.45) is 11.8 Å². The first-order chi connectivity index (χ1) is 15.7. The van der Waals surface area contributed by atoms with E-state index < -0.39 is 0 Å². The van der Waals surface area contributed by atoms with E-state index in [9.17, 15) is 10.1 Å². The predicted molar refractivity (Wildman–Crippen MR) is 127 cm³/mol. The zero-order chi connectivity index (χ0) is 21.4. The smallest absolute Gasteiger partial charge is 0.269 e. The number of rotatable bonds is 2. The monoisotopic (exact) mass is 420 g/mol. The topological polar surface area (TPSA) is 46.4 Å². The molecule has 0 spiro atoms. The lowest BCUT2D eigenvalue weighted by molar-refractivity contribution is -0.384. The Morgan fingerprint density at radius 2 is 1.78 bits per heavy atom. The third kappa shape index (κ3) is 2.38. The first-order valence-electron chi connectivity index (χ1n) is 11.6. The van der Waals surface area contributed by atoms with Crippen LogP contribution in [0.2, 0.25) is 0 Å².